The van der Waals surface area contributed by atoms with Gasteiger partial charge in [-0.2, -0.15) is 0 Å². The van der Waals surface area contributed by atoms with Crippen LogP contribution in [0.1, 0.15) is 64.5 Å². The fourth-order valence-electron chi connectivity index (χ4n) is 2.68. The lowest BCUT2D eigenvalue weighted by Gasteiger charge is -2.36. The molecular formula is C17H31N3S. The lowest BCUT2D eigenvalue weighted by Crippen LogP contribution is -2.37. The quantitative estimate of drug-likeness (QED) is 0.853. The largest absolute Gasteiger partial charge is 0.348 e. The van der Waals surface area contributed by atoms with Crippen LogP contribution in [0.3, 0.4) is 0 Å². The maximum atomic E-state index is 4.95. The lowest BCUT2D eigenvalue weighted by atomic mass is 9.83. The van der Waals surface area contributed by atoms with Crippen molar-refractivity contribution >= 4 is 16.5 Å². The summed E-state index contributed by atoms with van der Waals surface area (Å²) in [5, 5.41) is 4.79. The first-order valence-corrected chi connectivity index (χ1v) is 9.20. The summed E-state index contributed by atoms with van der Waals surface area (Å²) in [6.45, 7) is 14.7. The number of anilines is 1. The van der Waals surface area contributed by atoms with E-state index in [-0.39, 0.29) is 0 Å². The minimum Gasteiger partial charge on any atom is -0.348 e. The molecule has 2 heterocycles. The minimum atomic E-state index is 0.502. The smallest absolute Gasteiger partial charge is 0.185 e. The molecule has 1 N–H and O–H groups in total. The highest BCUT2D eigenvalue weighted by Gasteiger charge is 2.27. The van der Waals surface area contributed by atoms with Crippen LogP contribution in [0.2, 0.25) is 0 Å². The third kappa shape index (κ3) is 4.68. The molecule has 0 atom stereocenters. The van der Waals surface area contributed by atoms with E-state index in [9.17, 15) is 0 Å². The summed E-state index contributed by atoms with van der Waals surface area (Å²) in [5.41, 5.74) is 1.82. The van der Waals surface area contributed by atoms with Gasteiger partial charge in [0, 0.05) is 30.6 Å². The minimum absolute atomic E-state index is 0.502. The Labute approximate surface area is 134 Å². The second kappa shape index (κ2) is 7.10. The van der Waals surface area contributed by atoms with Crippen LogP contribution in [0, 0.1) is 5.41 Å². The molecule has 0 aliphatic carbocycles. The van der Waals surface area contributed by atoms with Crippen molar-refractivity contribution in [1.82, 2.24) is 10.3 Å². The van der Waals surface area contributed by atoms with E-state index in [4.69, 9.17) is 4.98 Å². The number of aryl methyl sites for hydroxylation is 1. The molecular weight excluding hydrogens is 278 g/mol. The average Bonchev–Trinajstić information content (AvgIpc) is 2.80. The number of nitrogens with zero attached hydrogens (tertiary/aromatic N) is 2. The summed E-state index contributed by atoms with van der Waals surface area (Å²) in [4.78, 5) is 8.88. The zero-order chi connectivity index (χ0) is 15.5. The van der Waals surface area contributed by atoms with Crippen LogP contribution in [-0.4, -0.2) is 24.1 Å². The van der Waals surface area contributed by atoms with Crippen molar-refractivity contribution in [3.8, 4) is 0 Å². The number of nitrogens with one attached hydrogen (secondary N) is 1. The number of piperidine rings is 1. The van der Waals surface area contributed by atoms with E-state index in [0.29, 0.717) is 11.5 Å². The monoisotopic (exact) mass is 309 g/mol. The zero-order valence-corrected chi connectivity index (χ0v) is 15.1. The molecule has 2 rings (SSSR count). The maximum absolute atomic E-state index is 4.95. The van der Waals surface area contributed by atoms with E-state index >= 15 is 0 Å². The molecule has 1 aromatic rings. The number of thiazole rings is 1. The predicted octanol–water partition coefficient (Wildman–Crippen LogP) is 4.22. The highest BCUT2D eigenvalue weighted by molar-refractivity contribution is 7.15. The van der Waals surface area contributed by atoms with E-state index in [1.54, 1.807) is 0 Å². The van der Waals surface area contributed by atoms with Gasteiger partial charge in [0.25, 0.3) is 0 Å². The van der Waals surface area contributed by atoms with E-state index in [0.717, 1.165) is 26.1 Å². The third-order valence-corrected chi connectivity index (χ3v) is 5.47. The summed E-state index contributed by atoms with van der Waals surface area (Å²) in [5.74, 6) is 0. The van der Waals surface area contributed by atoms with Crippen LogP contribution in [0.4, 0.5) is 5.13 Å². The Balaban J connectivity index is 2.07. The lowest BCUT2D eigenvalue weighted by molar-refractivity contribution is 0.279. The van der Waals surface area contributed by atoms with Gasteiger partial charge >= 0.3 is 0 Å². The van der Waals surface area contributed by atoms with Gasteiger partial charge in [-0.15, -0.1) is 11.3 Å². The maximum Gasteiger partial charge on any atom is 0.185 e. The number of aromatic nitrogens is 1. The van der Waals surface area contributed by atoms with Crippen LogP contribution in [0.5, 0.6) is 0 Å². The zero-order valence-electron chi connectivity index (χ0n) is 14.3. The van der Waals surface area contributed by atoms with Crippen molar-refractivity contribution in [1.29, 1.82) is 0 Å². The van der Waals surface area contributed by atoms with E-state index in [1.807, 2.05) is 11.3 Å². The molecule has 1 aliphatic rings. The van der Waals surface area contributed by atoms with Gasteiger partial charge in [-0.25, -0.2) is 4.98 Å². The van der Waals surface area contributed by atoms with Crippen molar-refractivity contribution in [2.45, 2.75) is 72.9 Å². The molecule has 1 aliphatic heterocycles. The van der Waals surface area contributed by atoms with Gasteiger partial charge < -0.3 is 10.2 Å². The number of hydrogen-bond donors (Lipinski definition) is 1. The second-order valence-electron chi connectivity index (χ2n) is 7.30. The normalized spacial score (nSPS) is 18.5. The molecule has 21 heavy (non-hydrogen) atoms. The van der Waals surface area contributed by atoms with Gasteiger partial charge in [0.05, 0.1) is 5.69 Å². The number of rotatable bonds is 6. The molecule has 0 radical (unpaired) electrons. The fourth-order valence-corrected chi connectivity index (χ4v) is 3.78. The molecule has 1 fully saturated rings. The van der Waals surface area contributed by atoms with E-state index in [2.05, 4.69) is 44.8 Å². The van der Waals surface area contributed by atoms with Crippen molar-refractivity contribution in [2.24, 2.45) is 5.41 Å². The fraction of sp³-hybridized carbons (Fsp3) is 0.824. The molecule has 3 nitrogen and oxygen atoms in total. The highest BCUT2D eigenvalue weighted by Crippen LogP contribution is 2.35. The molecule has 120 valence electrons. The molecule has 1 aromatic heterocycles. The van der Waals surface area contributed by atoms with Crippen molar-refractivity contribution in [3.05, 3.63) is 10.6 Å². The first-order valence-electron chi connectivity index (χ1n) is 8.38. The third-order valence-electron chi connectivity index (χ3n) is 4.31. The highest BCUT2D eigenvalue weighted by atomic mass is 32.1. The van der Waals surface area contributed by atoms with Crippen LogP contribution in [0.25, 0.3) is 0 Å². The molecule has 1 saturated heterocycles. The molecule has 0 spiro atoms. The van der Waals surface area contributed by atoms with Crippen LogP contribution in [-0.2, 0) is 13.0 Å². The van der Waals surface area contributed by atoms with Crippen molar-refractivity contribution in [2.75, 3.05) is 18.0 Å². The van der Waals surface area contributed by atoms with Gasteiger partial charge in [-0.1, -0.05) is 41.0 Å². The van der Waals surface area contributed by atoms with Gasteiger partial charge in [0.15, 0.2) is 5.13 Å². The molecule has 0 saturated carbocycles. The molecule has 0 amide bonds. The standard InChI is InChI=1S/C17H31N3S/c1-6-7-14-15(12-18-13(2)3)21-16(19-14)20-10-8-17(4,5)9-11-20/h13,18H,6-12H2,1-5H3. The van der Waals surface area contributed by atoms with Gasteiger partial charge in [0.1, 0.15) is 0 Å². The summed E-state index contributed by atoms with van der Waals surface area (Å²) in [7, 11) is 0. The van der Waals surface area contributed by atoms with Crippen LogP contribution in [0.15, 0.2) is 0 Å². The topological polar surface area (TPSA) is 28.2 Å². The Kier molecular flexibility index (Phi) is 5.67. The Morgan fingerprint density at radius 2 is 1.95 bits per heavy atom. The summed E-state index contributed by atoms with van der Waals surface area (Å²) in [6.07, 6.45) is 4.82. The van der Waals surface area contributed by atoms with Crippen molar-refractivity contribution in [3.63, 3.8) is 0 Å². The summed E-state index contributed by atoms with van der Waals surface area (Å²) in [6, 6.07) is 0.529. The Bertz CT molecular complexity index is 441. The molecule has 0 bridgehead atoms. The average molecular weight is 310 g/mol. The SMILES string of the molecule is CCCc1nc(N2CCC(C)(C)CC2)sc1CNC(C)C. The van der Waals surface area contributed by atoms with Crippen molar-refractivity contribution < 1.29 is 0 Å². The van der Waals surface area contributed by atoms with Crippen LogP contribution >= 0.6 is 11.3 Å². The summed E-state index contributed by atoms with van der Waals surface area (Å²) < 4.78 is 0. The molecule has 0 unspecified atom stereocenters. The Morgan fingerprint density at radius 1 is 1.29 bits per heavy atom. The summed E-state index contributed by atoms with van der Waals surface area (Å²) >= 11 is 1.90. The first kappa shape index (κ1) is 16.8. The van der Waals surface area contributed by atoms with Gasteiger partial charge in [-0.3, -0.25) is 0 Å². The van der Waals surface area contributed by atoms with Crippen LogP contribution < -0.4 is 10.2 Å². The molecule has 0 aromatic carbocycles. The van der Waals surface area contributed by atoms with Gasteiger partial charge in [-0.05, 0) is 24.7 Å². The Morgan fingerprint density at radius 3 is 2.52 bits per heavy atom. The predicted molar refractivity (Wildman–Crippen MR) is 93.3 cm³/mol. The second-order valence-corrected chi connectivity index (χ2v) is 8.37. The molecule has 4 heteroatoms. The van der Waals surface area contributed by atoms with Gasteiger partial charge in [0.2, 0.25) is 0 Å². The first-order chi connectivity index (χ1) is 9.91. The Hall–Kier alpha value is -0.610. The van der Waals surface area contributed by atoms with E-state index < -0.39 is 0 Å². The number of hydrogen-bond acceptors (Lipinski definition) is 4. The van der Waals surface area contributed by atoms with E-state index in [1.165, 1.54) is 35.0 Å².